The van der Waals surface area contributed by atoms with Crippen molar-refractivity contribution in [1.82, 2.24) is 9.80 Å². The molecule has 104 valence electrons. The predicted molar refractivity (Wildman–Crippen MR) is 76.5 cm³/mol. The normalized spacial score (nSPS) is 17.8. The summed E-state index contributed by atoms with van der Waals surface area (Å²) >= 11 is 0. The van der Waals surface area contributed by atoms with Gasteiger partial charge in [-0.3, -0.25) is 4.79 Å². The average Bonchev–Trinajstić information content (AvgIpc) is 2.23. The first kappa shape index (κ1) is 15.2. The zero-order valence-corrected chi connectivity index (χ0v) is 12.8. The van der Waals surface area contributed by atoms with Gasteiger partial charge in [0.05, 0.1) is 0 Å². The maximum atomic E-state index is 12.6. The molecule has 1 rings (SSSR count). The molecule has 1 amide bonds. The van der Waals surface area contributed by atoms with Crippen molar-refractivity contribution in [3.8, 4) is 0 Å². The minimum atomic E-state index is 0.140. The molecule has 0 aromatic heterocycles. The van der Waals surface area contributed by atoms with Crippen LogP contribution in [0.3, 0.4) is 0 Å². The highest BCUT2D eigenvalue weighted by molar-refractivity contribution is 5.94. The minimum Gasteiger partial charge on any atom is -0.336 e. The Morgan fingerprint density at radius 3 is 2.50 bits per heavy atom. The van der Waals surface area contributed by atoms with Crippen LogP contribution in [0, 0.1) is 5.41 Å². The fourth-order valence-corrected chi connectivity index (χ4v) is 2.23. The van der Waals surface area contributed by atoms with Crippen LogP contribution in [0.15, 0.2) is 11.6 Å². The highest BCUT2D eigenvalue weighted by Crippen LogP contribution is 2.20. The molecule has 0 saturated carbocycles. The second-order valence-corrected chi connectivity index (χ2v) is 6.84. The van der Waals surface area contributed by atoms with Gasteiger partial charge in [-0.2, -0.15) is 0 Å². The van der Waals surface area contributed by atoms with Gasteiger partial charge in [-0.05, 0) is 32.7 Å². The number of hydrogen-bond acceptors (Lipinski definition) is 2. The molecule has 0 aromatic rings. The Balaban J connectivity index is 2.80. The summed E-state index contributed by atoms with van der Waals surface area (Å²) in [6, 6.07) is 0.254. The average molecular weight is 252 g/mol. The molecule has 1 aliphatic heterocycles. The maximum Gasteiger partial charge on any atom is 0.251 e. The molecule has 0 unspecified atom stereocenters. The standard InChI is InChI=1S/C15H28N2O/c1-12(2)17(11-15(3,4)5)14(18)13-8-7-9-16(6)10-13/h8,12H,7,9-11H2,1-6H3. The quantitative estimate of drug-likeness (QED) is 0.770. The molecule has 3 heteroatoms. The summed E-state index contributed by atoms with van der Waals surface area (Å²) in [5.74, 6) is 0.214. The molecule has 0 spiro atoms. The second-order valence-electron chi connectivity index (χ2n) is 6.84. The molecule has 18 heavy (non-hydrogen) atoms. The molecule has 1 heterocycles. The second kappa shape index (κ2) is 5.87. The van der Waals surface area contributed by atoms with Gasteiger partial charge in [-0.25, -0.2) is 0 Å². The van der Waals surface area contributed by atoms with E-state index in [9.17, 15) is 4.79 Å². The third-order valence-corrected chi connectivity index (χ3v) is 3.15. The van der Waals surface area contributed by atoms with Gasteiger partial charge >= 0.3 is 0 Å². The van der Waals surface area contributed by atoms with Gasteiger partial charge in [0.15, 0.2) is 0 Å². The Kier molecular flexibility index (Phi) is 4.97. The first-order chi connectivity index (χ1) is 8.20. The van der Waals surface area contributed by atoms with E-state index in [4.69, 9.17) is 0 Å². The summed E-state index contributed by atoms with van der Waals surface area (Å²) in [7, 11) is 2.07. The number of carbonyl (C=O) groups excluding carboxylic acids is 1. The lowest BCUT2D eigenvalue weighted by atomic mass is 9.94. The molecule has 0 bridgehead atoms. The van der Waals surface area contributed by atoms with E-state index in [1.54, 1.807) is 0 Å². The van der Waals surface area contributed by atoms with Crippen LogP contribution in [-0.4, -0.2) is 48.4 Å². The van der Waals surface area contributed by atoms with Gasteiger partial charge in [-0.1, -0.05) is 26.8 Å². The topological polar surface area (TPSA) is 23.6 Å². The summed E-state index contributed by atoms with van der Waals surface area (Å²) in [5.41, 5.74) is 1.10. The van der Waals surface area contributed by atoms with E-state index in [-0.39, 0.29) is 17.4 Å². The van der Waals surface area contributed by atoms with E-state index in [0.717, 1.165) is 31.6 Å². The first-order valence-corrected chi connectivity index (χ1v) is 6.89. The van der Waals surface area contributed by atoms with Gasteiger partial charge in [0, 0.05) is 31.2 Å². The van der Waals surface area contributed by atoms with E-state index in [0.29, 0.717) is 0 Å². The number of amides is 1. The molecule has 0 aliphatic carbocycles. The zero-order valence-electron chi connectivity index (χ0n) is 12.8. The number of hydrogen-bond donors (Lipinski definition) is 0. The molecule has 0 atom stereocenters. The van der Waals surface area contributed by atoms with Gasteiger partial charge < -0.3 is 9.80 Å². The van der Waals surface area contributed by atoms with Crippen LogP contribution in [-0.2, 0) is 4.79 Å². The Morgan fingerprint density at radius 2 is 2.06 bits per heavy atom. The molecule has 3 nitrogen and oxygen atoms in total. The third kappa shape index (κ3) is 4.45. The monoisotopic (exact) mass is 252 g/mol. The van der Waals surface area contributed by atoms with Crippen molar-refractivity contribution in [3.05, 3.63) is 11.6 Å². The summed E-state index contributed by atoms with van der Waals surface area (Å²) in [6.07, 6.45) is 3.10. The molecule has 1 aliphatic rings. The minimum absolute atomic E-state index is 0.140. The van der Waals surface area contributed by atoms with Crippen molar-refractivity contribution >= 4 is 5.91 Å². The Hall–Kier alpha value is -0.830. The van der Waals surface area contributed by atoms with Crippen molar-refractivity contribution in [2.75, 3.05) is 26.7 Å². The number of likely N-dealkylation sites (N-methyl/N-ethyl adjacent to an activating group) is 1. The molecule has 0 saturated heterocycles. The molecular formula is C15H28N2O. The van der Waals surface area contributed by atoms with Gasteiger partial charge in [0.2, 0.25) is 0 Å². The van der Waals surface area contributed by atoms with Gasteiger partial charge in [-0.15, -0.1) is 0 Å². The maximum absolute atomic E-state index is 12.6. The smallest absolute Gasteiger partial charge is 0.251 e. The largest absolute Gasteiger partial charge is 0.336 e. The summed E-state index contributed by atoms with van der Waals surface area (Å²) in [5, 5.41) is 0. The van der Waals surface area contributed by atoms with Crippen LogP contribution in [0.2, 0.25) is 0 Å². The first-order valence-electron chi connectivity index (χ1n) is 6.89. The van der Waals surface area contributed by atoms with Crippen molar-refractivity contribution in [2.45, 2.75) is 47.1 Å². The predicted octanol–water partition coefficient (Wildman–Crippen LogP) is 2.53. The summed E-state index contributed by atoms with van der Waals surface area (Å²) < 4.78 is 0. The van der Waals surface area contributed by atoms with Crippen molar-refractivity contribution in [3.63, 3.8) is 0 Å². The summed E-state index contributed by atoms with van der Waals surface area (Å²) in [4.78, 5) is 16.8. The van der Waals surface area contributed by atoms with Gasteiger partial charge in [0.25, 0.3) is 5.91 Å². The Morgan fingerprint density at radius 1 is 1.44 bits per heavy atom. The Bertz CT molecular complexity index is 326. The number of nitrogens with zero attached hydrogens (tertiary/aromatic N) is 2. The van der Waals surface area contributed by atoms with Crippen LogP contribution in [0.25, 0.3) is 0 Å². The molecule has 0 radical (unpaired) electrons. The number of carbonyl (C=O) groups is 1. The van der Waals surface area contributed by atoms with Crippen LogP contribution >= 0.6 is 0 Å². The van der Waals surface area contributed by atoms with E-state index >= 15 is 0 Å². The SMILES string of the molecule is CC(C)N(CC(C)(C)C)C(=O)C1=CCCN(C)C1. The lowest BCUT2D eigenvalue weighted by Gasteiger charge is -2.35. The molecule has 0 aromatic carbocycles. The van der Waals surface area contributed by atoms with Crippen molar-refractivity contribution < 1.29 is 4.79 Å². The molecular weight excluding hydrogens is 224 g/mol. The van der Waals surface area contributed by atoms with E-state index in [2.05, 4.69) is 52.6 Å². The van der Waals surface area contributed by atoms with Crippen LogP contribution in [0.4, 0.5) is 0 Å². The van der Waals surface area contributed by atoms with Crippen LogP contribution in [0.1, 0.15) is 41.0 Å². The van der Waals surface area contributed by atoms with E-state index in [1.807, 2.05) is 4.90 Å². The number of rotatable bonds is 3. The Labute approximate surface area is 112 Å². The molecule has 0 fully saturated rings. The lowest BCUT2D eigenvalue weighted by molar-refractivity contribution is -0.130. The van der Waals surface area contributed by atoms with Crippen molar-refractivity contribution in [1.29, 1.82) is 0 Å². The van der Waals surface area contributed by atoms with Crippen molar-refractivity contribution in [2.24, 2.45) is 5.41 Å². The highest BCUT2D eigenvalue weighted by Gasteiger charge is 2.26. The third-order valence-electron chi connectivity index (χ3n) is 3.15. The van der Waals surface area contributed by atoms with Gasteiger partial charge in [0.1, 0.15) is 0 Å². The molecule has 0 N–H and O–H groups in total. The lowest BCUT2D eigenvalue weighted by Crippen LogP contribution is -2.45. The fraction of sp³-hybridized carbons (Fsp3) is 0.800. The van der Waals surface area contributed by atoms with Crippen LogP contribution < -0.4 is 0 Å². The fourth-order valence-electron chi connectivity index (χ4n) is 2.23. The van der Waals surface area contributed by atoms with E-state index < -0.39 is 0 Å². The van der Waals surface area contributed by atoms with Crippen LogP contribution in [0.5, 0.6) is 0 Å². The zero-order chi connectivity index (χ0) is 13.9. The van der Waals surface area contributed by atoms with E-state index in [1.165, 1.54) is 0 Å². The summed E-state index contributed by atoms with van der Waals surface area (Å²) in [6.45, 7) is 13.4. The highest BCUT2D eigenvalue weighted by atomic mass is 16.2.